The van der Waals surface area contributed by atoms with Crippen molar-refractivity contribution in [1.82, 2.24) is 9.97 Å². The summed E-state index contributed by atoms with van der Waals surface area (Å²) in [5.41, 5.74) is 2.62. The Morgan fingerprint density at radius 3 is 2.55 bits per heavy atom. The van der Waals surface area contributed by atoms with Crippen LogP contribution < -0.4 is 4.90 Å². The second kappa shape index (κ2) is 8.95. The number of sulfone groups is 1. The molecule has 6 nitrogen and oxygen atoms in total. The molecule has 0 aliphatic heterocycles. The maximum absolute atomic E-state index is 13.2. The summed E-state index contributed by atoms with van der Waals surface area (Å²) >= 11 is 1.41. The fourth-order valence-corrected chi connectivity index (χ4v) is 5.48. The van der Waals surface area contributed by atoms with E-state index in [0.29, 0.717) is 10.8 Å². The average Bonchev–Trinajstić information content (AvgIpc) is 3.20. The molecule has 4 aromatic rings. The summed E-state index contributed by atoms with van der Waals surface area (Å²) in [5.74, 6) is -0.570. The highest BCUT2D eigenvalue weighted by Gasteiger charge is 2.23. The Labute approximate surface area is 185 Å². The van der Waals surface area contributed by atoms with Gasteiger partial charge in [-0.2, -0.15) is 0 Å². The van der Waals surface area contributed by atoms with E-state index in [1.165, 1.54) is 16.2 Å². The topological polar surface area (TPSA) is 80.2 Å². The molecule has 0 unspecified atom stereocenters. The lowest BCUT2D eigenvalue weighted by Crippen LogP contribution is -2.32. The second-order valence-corrected chi connectivity index (χ2v) is 10.3. The molecule has 1 amide bonds. The lowest BCUT2D eigenvalue weighted by atomic mass is 10.2. The molecule has 4 rings (SSSR count). The average molecular weight is 452 g/mol. The fraction of sp³-hybridized carbons (Fsp3) is 0.174. The predicted molar refractivity (Wildman–Crippen MR) is 123 cm³/mol. The molecule has 2 aromatic heterocycles. The van der Waals surface area contributed by atoms with E-state index in [0.717, 1.165) is 15.8 Å². The molecule has 0 saturated heterocycles. The van der Waals surface area contributed by atoms with E-state index < -0.39 is 9.84 Å². The van der Waals surface area contributed by atoms with Crippen LogP contribution in [0.25, 0.3) is 10.2 Å². The Balaban J connectivity index is 1.61. The molecule has 0 spiro atoms. The van der Waals surface area contributed by atoms with E-state index in [2.05, 4.69) is 9.97 Å². The number of benzene rings is 2. The first-order valence-corrected chi connectivity index (χ1v) is 12.2. The highest BCUT2D eigenvalue weighted by atomic mass is 32.2. The molecule has 0 bridgehead atoms. The molecule has 0 radical (unpaired) electrons. The Bertz CT molecular complexity index is 1300. The molecule has 0 saturated carbocycles. The quantitative estimate of drug-likeness (QED) is 0.416. The van der Waals surface area contributed by atoms with E-state index in [-0.39, 0.29) is 29.5 Å². The van der Waals surface area contributed by atoms with Gasteiger partial charge in [-0.25, -0.2) is 13.4 Å². The number of thiazole rings is 1. The maximum atomic E-state index is 13.2. The molecule has 2 aromatic carbocycles. The van der Waals surface area contributed by atoms with Crippen molar-refractivity contribution in [1.29, 1.82) is 0 Å². The van der Waals surface area contributed by atoms with Crippen molar-refractivity contribution in [2.45, 2.75) is 24.8 Å². The summed E-state index contributed by atoms with van der Waals surface area (Å²) in [6, 6.07) is 19.6. The first kappa shape index (κ1) is 21.1. The van der Waals surface area contributed by atoms with Crippen LogP contribution in [0.2, 0.25) is 0 Å². The number of hydrogen-bond donors (Lipinski definition) is 0. The number of carbonyl (C=O) groups is 1. The molecule has 0 atom stereocenters. The van der Waals surface area contributed by atoms with Crippen LogP contribution in [0.3, 0.4) is 0 Å². The third-order valence-corrected chi connectivity index (χ3v) is 7.57. The van der Waals surface area contributed by atoms with Gasteiger partial charge in [0.2, 0.25) is 5.91 Å². The van der Waals surface area contributed by atoms with Gasteiger partial charge in [0.05, 0.1) is 33.1 Å². The number of aryl methyl sites for hydroxylation is 1. The molecule has 0 N–H and O–H groups in total. The summed E-state index contributed by atoms with van der Waals surface area (Å²) in [6.45, 7) is 2.23. The van der Waals surface area contributed by atoms with Crippen LogP contribution >= 0.6 is 11.3 Å². The number of anilines is 1. The molecule has 0 fully saturated rings. The first-order valence-electron chi connectivity index (χ1n) is 9.78. The van der Waals surface area contributed by atoms with Crippen molar-refractivity contribution >= 4 is 42.4 Å². The van der Waals surface area contributed by atoms with E-state index >= 15 is 0 Å². The standard InChI is InChI=1S/C23H21N3O3S2/c1-17-10-11-20-21(15-17)30-23(25-20)26(16-18-7-5-6-13-24-18)22(27)12-14-31(28,29)19-8-3-2-4-9-19/h2-11,13,15H,12,14,16H2,1H3. The van der Waals surface area contributed by atoms with Crippen molar-refractivity contribution in [3.63, 3.8) is 0 Å². The highest BCUT2D eigenvalue weighted by molar-refractivity contribution is 7.91. The number of carbonyl (C=O) groups excluding carboxylic acids is 1. The van der Waals surface area contributed by atoms with Gasteiger partial charge in [0.15, 0.2) is 15.0 Å². The van der Waals surface area contributed by atoms with Gasteiger partial charge in [-0.05, 0) is 48.9 Å². The lowest BCUT2D eigenvalue weighted by molar-refractivity contribution is -0.118. The van der Waals surface area contributed by atoms with Crippen LogP contribution in [-0.2, 0) is 21.2 Å². The van der Waals surface area contributed by atoms with Gasteiger partial charge < -0.3 is 0 Å². The zero-order valence-corrected chi connectivity index (χ0v) is 18.6. The zero-order chi connectivity index (χ0) is 21.8. The zero-order valence-electron chi connectivity index (χ0n) is 16.9. The van der Waals surface area contributed by atoms with Crippen molar-refractivity contribution < 1.29 is 13.2 Å². The Morgan fingerprint density at radius 2 is 1.81 bits per heavy atom. The smallest absolute Gasteiger partial charge is 0.230 e. The lowest BCUT2D eigenvalue weighted by Gasteiger charge is -2.19. The second-order valence-electron chi connectivity index (χ2n) is 7.15. The van der Waals surface area contributed by atoms with E-state index in [9.17, 15) is 13.2 Å². The number of nitrogens with zero attached hydrogens (tertiary/aromatic N) is 3. The van der Waals surface area contributed by atoms with Gasteiger partial charge in [0.25, 0.3) is 0 Å². The van der Waals surface area contributed by atoms with Gasteiger partial charge in [-0.3, -0.25) is 14.7 Å². The van der Waals surface area contributed by atoms with Gasteiger partial charge >= 0.3 is 0 Å². The summed E-state index contributed by atoms with van der Waals surface area (Å²) < 4.78 is 26.3. The van der Waals surface area contributed by atoms with E-state index in [4.69, 9.17) is 0 Å². The minimum Gasteiger partial charge on any atom is -0.282 e. The molecule has 2 heterocycles. The molecular formula is C23H21N3O3S2. The highest BCUT2D eigenvalue weighted by Crippen LogP contribution is 2.31. The summed E-state index contributed by atoms with van der Waals surface area (Å²) in [6.07, 6.45) is 1.53. The Morgan fingerprint density at radius 1 is 1.03 bits per heavy atom. The Kier molecular flexibility index (Phi) is 6.11. The van der Waals surface area contributed by atoms with Gasteiger partial charge in [-0.1, -0.05) is 41.7 Å². The molecule has 0 aliphatic rings. The first-order chi connectivity index (χ1) is 14.9. The molecular weight excluding hydrogens is 430 g/mol. The molecule has 31 heavy (non-hydrogen) atoms. The van der Waals surface area contributed by atoms with Crippen molar-refractivity contribution in [3.05, 3.63) is 84.2 Å². The fourth-order valence-electron chi connectivity index (χ4n) is 3.15. The summed E-state index contributed by atoms with van der Waals surface area (Å²) in [5, 5.41) is 0.536. The third-order valence-electron chi connectivity index (χ3n) is 4.80. The van der Waals surface area contributed by atoms with E-state index in [1.807, 2.05) is 43.3 Å². The summed E-state index contributed by atoms with van der Waals surface area (Å²) in [4.78, 5) is 23.9. The molecule has 0 aliphatic carbocycles. The van der Waals surface area contributed by atoms with Crippen LogP contribution in [0.15, 0.2) is 77.8 Å². The number of pyridine rings is 1. The minimum atomic E-state index is -3.55. The van der Waals surface area contributed by atoms with Crippen LogP contribution in [0.1, 0.15) is 17.7 Å². The Hall–Kier alpha value is -3.10. The number of hydrogen-bond acceptors (Lipinski definition) is 6. The largest absolute Gasteiger partial charge is 0.282 e. The maximum Gasteiger partial charge on any atom is 0.230 e. The van der Waals surface area contributed by atoms with Gasteiger partial charge in [-0.15, -0.1) is 0 Å². The number of fused-ring (bicyclic) bond motifs is 1. The monoisotopic (exact) mass is 451 g/mol. The number of aromatic nitrogens is 2. The van der Waals surface area contributed by atoms with Crippen molar-refractivity contribution in [2.24, 2.45) is 0 Å². The van der Waals surface area contributed by atoms with E-state index in [1.54, 1.807) is 36.5 Å². The van der Waals surface area contributed by atoms with Gasteiger partial charge in [0, 0.05) is 12.6 Å². The SMILES string of the molecule is Cc1ccc2nc(N(Cc3ccccn3)C(=O)CCS(=O)(=O)c3ccccc3)sc2c1. The van der Waals surface area contributed by atoms with Crippen molar-refractivity contribution in [2.75, 3.05) is 10.7 Å². The van der Waals surface area contributed by atoms with Crippen LogP contribution in [0, 0.1) is 6.92 Å². The minimum absolute atomic E-state index is 0.140. The van der Waals surface area contributed by atoms with Crippen molar-refractivity contribution in [3.8, 4) is 0 Å². The van der Waals surface area contributed by atoms with Crippen LogP contribution in [0.4, 0.5) is 5.13 Å². The predicted octanol–water partition coefficient (Wildman–Crippen LogP) is 4.40. The summed E-state index contributed by atoms with van der Waals surface area (Å²) in [7, 11) is -3.55. The van der Waals surface area contributed by atoms with Crippen LogP contribution in [0.5, 0.6) is 0 Å². The molecule has 8 heteroatoms. The molecule has 158 valence electrons. The third kappa shape index (κ3) is 4.98. The normalized spacial score (nSPS) is 11.5. The van der Waals surface area contributed by atoms with Crippen LogP contribution in [-0.4, -0.2) is 30.0 Å². The van der Waals surface area contributed by atoms with Gasteiger partial charge in [0.1, 0.15) is 0 Å². The number of amides is 1. The number of rotatable bonds is 7.